The third-order valence-electron chi connectivity index (χ3n) is 5.63. The zero-order valence-electron chi connectivity index (χ0n) is 18.8. The predicted octanol–water partition coefficient (Wildman–Crippen LogP) is 1.32. The number of rotatable bonds is 5. The van der Waals surface area contributed by atoms with Gasteiger partial charge >= 0.3 is 5.97 Å². The summed E-state index contributed by atoms with van der Waals surface area (Å²) in [4.78, 5) is 41.7. The monoisotopic (exact) mass is 411 g/mol. The van der Waals surface area contributed by atoms with E-state index < -0.39 is 29.1 Å². The predicted molar refractivity (Wildman–Crippen MR) is 109 cm³/mol. The van der Waals surface area contributed by atoms with E-state index in [1.807, 2.05) is 32.8 Å². The molecule has 2 amide bonds. The number of ether oxygens (including phenoxy) is 1. The highest BCUT2D eigenvalue weighted by Gasteiger charge is 2.46. The van der Waals surface area contributed by atoms with E-state index in [0.717, 1.165) is 4.90 Å². The Balaban J connectivity index is 2.83. The second kappa shape index (κ2) is 9.57. The molecule has 1 aliphatic heterocycles. The van der Waals surface area contributed by atoms with E-state index in [1.165, 1.54) is 19.1 Å². The summed E-state index contributed by atoms with van der Waals surface area (Å²) in [6.45, 7) is 7.53. The highest BCUT2D eigenvalue weighted by Crippen LogP contribution is 2.30. The molecule has 1 atom stereocenters. The molecule has 0 aromatic heterocycles. The summed E-state index contributed by atoms with van der Waals surface area (Å²) in [6, 6.07) is -0.862. The van der Waals surface area contributed by atoms with E-state index in [2.05, 4.69) is 11.8 Å². The number of alkyl halides is 1. The summed E-state index contributed by atoms with van der Waals surface area (Å²) in [5.41, 5.74) is -2.59. The lowest BCUT2D eigenvalue weighted by atomic mass is 9.90. The minimum atomic E-state index is -2.12. The Morgan fingerprint density at radius 1 is 1.14 bits per heavy atom. The van der Waals surface area contributed by atoms with E-state index >= 15 is 4.39 Å². The lowest BCUT2D eigenvalue weighted by Crippen LogP contribution is -2.57. The first-order valence-electron chi connectivity index (χ1n) is 9.80. The summed E-state index contributed by atoms with van der Waals surface area (Å²) < 4.78 is 20.2. The molecule has 1 fully saturated rings. The number of hydrogen-bond acceptors (Lipinski definition) is 5. The van der Waals surface area contributed by atoms with Crippen LogP contribution in [0.3, 0.4) is 0 Å². The molecular formula is C21H34FN3O4. The molecule has 1 saturated heterocycles. The SMILES string of the molecule is COC(=O)[C@H](C(C)C)N(C)C(=O)C1(F)CCN(C(=O)C#CC(C)(C)N(C)C)CC1. The van der Waals surface area contributed by atoms with Crippen LogP contribution >= 0.6 is 0 Å². The van der Waals surface area contributed by atoms with Crippen molar-refractivity contribution in [2.24, 2.45) is 5.92 Å². The van der Waals surface area contributed by atoms with Crippen LogP contribution in [0.25, 0.3) is 0 Å². The molecule has 1 heterocycles. The fraction of sp³-hybridized carbons (Fsp3) is 0.762. The molecular weight excluding hydrogens is 377 g/mol. The lowest BCUT2D eigenvalue weighted by Gasteiger charge is -2.39. The fourth-order valence-corrected chi connectivity index (χ4v) is 3.12. The Labute approximate surface area is 173 Å². The number of halogens is 1. The first kappa shape index (κ1) is 24.9. The van der Waals surface area contributed by atoms with Crippen molar-refractivity contribution in [1.82, 2.24) is 14.7 Å². The van der Waals surface area contributed by atoms with Gasteiger partial charge in [-0.25, -0.2) is 9.18 Å². The van der Waals surface area contributed by atoms with Gasteiger partial charge in [-0.05, 0) is 39.8 Å². The molecule has 8 heteroatoms. The minimum absolute atomic E-state index is 0.0938. The van der Waals surface area contributed by atoms with Crippen molar-refractivity contribution < 1.29 is 23.5 Å². The van der Waals surface area contributed by atoms with Gasteiger partial charge in [-0.1, -0.05) is 19.8 Å². The van der Waals surface area contributed by atoms with Crippen LogP contribution in [0, 0.1) is 17.8 Å². The van der Waals surface area contributed by atoms with E-state index in [4.69, 9.17) is 4.74 Å². The molecule has 0 unspecified atom stereocenters. The number of carbonyl (C=O) groups excluding carboxylic acids is 3. The van der Waals surface area contributed by atoms with Gasteiger partial charge in [0, 0.05) is 33.0 Å². The van der Waals surface area contributed by atoms with Crippen molar-refractivity contribution in [2.75, 3.05) is 41.3 Å². The van der Waals surface area contributed by atoms with Crippen molar-refractivity contribution in [2.45, 2.75) is 57.8 Å². The molecule has 1 rings (SSSR count). The Bertz CT molecular complexity index is 686. The van der Waals surface area contributed by atoms with Crippen LogP contribution in [-0.4, -0.2) is 91.1 Å². The molecule has 0 N–H and O–H groups in total. The Morgan fingerprint density at radius 3 is 2.07 bits per heavy atom. The zero-order valence-corrected chi connectivity index (χ0v) is 18.8. The van der Waals surface area contributed by atoms with E-state index in [0.29, 0.717) is 0 Å². The van der Waals surface area contributed by atoms with Crippen LogP contribution in [0.1, 0.15) is 40.5 Å². The van der Waals surface area contributed by atoms with Crippen LogP contribution in [0.15, 0.2) is 0 Å². The number of piperidine rings is 1. The van der Waals surface area contributed by atoms with Gasteiger partial charge in [0.05, 0.1) is 12.6 Å². The van der Waals surface area contributed by atoms with E-state index in [-0.39, 0.29) is 37.8 Å². The highest BCUT2D eigenvalue weighted by molar-refractivity contribution is 5.94. The van der Waals surface area contributed by atoms with E-state index in [1.54, 1.807) is 13.8 Å². The van der Waals surface area contributed by atoms with Crippen molar-refractivity contribution in [3.05, 3.63) is 0 Å². The molecule has 7 nitrogen and oxygen atoms in total. The number of esters is 1. The number of amides is 2. The van der Waals surface area contributed by atoms with Crippen molar-refractivity contribution >= 4 is 17.8 Å². The fourth-order valence-electron chi connectivity index (χ4n) is 3.12. The van der Waals surface area contributed by atoms with E-state index in [9.17, 15) is 14.4 Å². The quantitative estimate of drug-likeness (QED) is 0.504. The Hall–Kier alpha value is -2.14. The van der Waals surface area contributed by atoms with Crippen LogP contribution in [0.4, 0.5) is 4.39 Å². The standard InChI is InChI=1S/C21H34FN3O4/c1-15(2)17(18(27)29-8)24(7)19(28)21(22)11-13-25(14-12-21)16(26)9-10-20(3,4)23(5)6/h15,17H,11-14H2,1-8H3/t17-/m0/s1. The minimum Gasteiger partial charge on any atom is -0.467 e. The number of hydrogen-bond donors (Lipinski definition) is 0. The maximum Gasteiger partial charge on any atom is 0.328 e. The molecule has 0 spiro atoms. The summed E-state index contributed by atoms with van der Waals surface area (Å²) in [5.74, 6) is 3.62. The molecule has 0 aromatic carbocycles. The van der Waals surface area contributed by atoms with Gasteiger partial charge in [-0.2, -0.15) is 0 Å². The zero-order chi connectivity index (χ0) is 22.6. The molecule has 0 bridgehead atoms. The molecule has 29 heavy (non-hydrogen) atoms. The third-order valence-corrected chi connectivity index (χ3v) is 5.63. The molecule has 1 aliphatic rings. The van der Waals surface area contributed by atoms with Crippen LogP contribution in [0.5, 0.6) is 0 Å². The highest BCUT2D eigenvalue weighted by atomic mass is 19.1. The number of nitrogens with zero attached hydrogens (tertiary/aromatic N) is 3. The molecule has 0 aromatic rings. The number of likely N-dealkylation sites (tertiary alicyclic amines) is 1. The molecule has 0 aliphatic carbocycles. The van der Waals surface area contributed by atoms with Gasteiger partial charge in [-0.15, -0.1) is 0 Å². The topological polar surface area (TPSA) is 70.2 Å². The van der Waals surface area contributed by atoms with Crippen LogP contribution in [0.2, 0.25) is 0 Å². The summed E-state index contributed by atoms with van der Waals surface area (Å²) in [7, 11) is 6.40. The third kappa shape index (κ3) is 5.92. The Kier molecular flexibility index (Phi) is 8.22. The van der Waals surface area contributed by atoms with Crippen molar-refractivity contribution in [3.8, 4) is 11.8 Å². The summed E-state index contributed by atoms with van der Waals surface area (Å²) in [5, 5.41) is 0. The number of likely N-dealkylation sites (N-methyl/N-ethyl adjacent to an activating group) is 1. The average Bonchev–Trinajstić information content (AvgIpc) is 2.65. The molecule has 0 saturated carbocycles. The average molecular weight is 412 g/mol. The van der Waals surface area contributed by atoms with Gasteiger partial charge < -0.3 is 14.5 Å². The van der Waals surface area contributed by atoms with Gasteiger partial charge in [0.15, 0.2) is 5.67 Å². The number of methoxy groups -OCH3 is 1. The normalized spacial score (nSPS) is 17.4. The maximum absolute atomic E-state index is 15.4. The summed E-state index contributed by atoms with van der Waals surface area (Å²) in [6.07, 6.45) is -0.265. The maximum atomic E-state index is 15.4. The van der Waals surface area contributed by atoms with Crippen molar-refractivity contribution in [3.63, 3.8) is 0 Å². The summed E-state index contributed by atoms with van der Waals surface area (Å²) >= 11 is 0. The van der Waals surface area contributed by atoms with Gasteiger partial charge in [0.2, 0.25) is 0 Å². The van der Waals surface area contributed by atoms with Gasteiger partial charge in [0.1, 0.15) is 6.04 Å². The second-order valence-electron chi connectivity index (χ2n) is 8.59. The molecule has 0 radical (unpaired) electrons. The first-order chi connectivity index (χ1) is 13.3. The second-order valence-corrected chi connectivity index (χ2v) is 8.59. The lowest BCUT2D eigenvalue weighted by molar-refractivity contribution is -0.160. The Morgan fingerprint density at radius 2 is 1.66 bits per heavy atom. The largest absolute Gasteiger partial charge is 0.467 e. The number of carbonyl (C=O) groups is 3. The van der Waals surface area contributed by atoms with Gasteiger partial charge in [-0.3, -0.25) is 14.5 Å². The van der Waals surface area contributed by atoms with Crippen molar-refractivity contribution in [1.29, 1.82) is 0 Å². The van der Waals surface area contributed by atoms with Crippen LogP contribution < -0.4 is 0 Å². The molecule has 164 valence electrons. The van der Waals surface area contributed by atoms with Crippen LogP contribution in [-0.2, 0) is 19.1 Å². The first-order valence-corrected chi connectivity index (χ1v) is 9.80. The van der Waals surface area contributed by atoms with Gasteiger partial charge in [0.25, 0.3) is 11.8 Å². The smallest absolute Gasteiger partial charge is 0.328 e.